The van der Waals surface area contributed by atoms with E-state index in [2.05, 4.69) is 67.3 Å². The fraction of sp³-hybridized carbons (Fsp3) is 0.130. The molecule has 3 heterocycles. The van der Waals surface area contributed by atoms with Crippen molar-refractivity contribution in [3.63, 3.8) is 0 Å². The van der Waals surface area contributed by atoms with Gasteiger partial charge in [-0.25, -0.2) is 4.98 Å². The van der Waals surface area contributed by atoms with Gasteiger partial charge in [-0.15, -0.1) is 5.10 Å². The number of fused-ring (bicyclic) bond motifs is 1. The topological polar surface area (TPSA) is 61.4 Å². The van der Waals surface area contributed by atoms with E-state index in [0.717, 1.165) is 41.3 Å². The summed E-state index contributed by atoms with van der Waals surface area (Å²) in [7, 11) is 5.76. The number of aryl methyl sites for hydroxylation is 2. The van der Waals surface area contributed by atoms with Crippen molar-refractivity contribution in [1.82, 2.24) is 29.4 Å². The largest absolute Gasteiger partial charge is 0.336 e. The fourth-order valence-electron chi connectivity index (χ4n) is 3.70. The zero-order valence-corrected chi connectivity index (χ0v) is 16.6. The van der Waals surface area contributed by atoms with Gasteiger partial charge < -0.3 is 9.16 Å². The molecule has 6 nitrogen and oxygen atoms in total. The minimum atomic E-state index is 0.747. The fourth-order valence-corrected chi connectivity index (χ4v) is 3.70. The van der Waals surface area contributed by atoms with E-state index < -0.39 is 0 Å². The first-order valence-corrected chi connectivity index (χ1v) is 9.81. The number of pyridine rings is 1. The third-order valence-electron chi connectivity index (χ3n) is 5.38. The molecule has 144 valence electrons. The number of hydrogen-bond donors (Lipinski definition) is 0. The van der Waals surface area contributed by atoms with E-state index in [0.29, 0.717) is 0 Å². The van der Waals surface area contributed by atoms with Crippen LogP contribution in [0.25, 0.3) is 33.4 Å². The normalized spacial score (nSPS) is 11.2. The quantitative estimate of drug-likeness (QED) is 0.428. The van der Waals surface area contributed by atoms with Gasteiger partial charge in [0, 0.05) is 30.2 Å². The lowest BCUT2D eigenvalue weighted by Gasteiger charge is -2.07. The summed E-state index contributed by atoms with van der Waals surface area (Å²) in [6, 6.07) is 18.8. The molecule has 0 unspecified atom stereocenters. The molecule has 0 amide bonds. The van der Waals surface area contributed by atoms with Crippen LogP contribution in [0.2, 0.25) is 0 Å². The molecule has 0 fully saturated rings. The van der Waals surface area contributed by atoms with E-state index in [4.69, 9.17) is 7.98 Å². The Bertz CT molecular complexity index is 1330. The lowest BCUT2D eigenvalue weighted by atomic mass is 10.0. The number of nitrogens with zero attached hydrogens (tertiary/aromatic N) is 6. The Balaban J connectivity index is 1.37. The van der Waals surface area contributed by atoms with Gasteiger partial charge >= 0.3 is 0 Å². The SMILES string of the molecule is [B]n1nnc(-c2ccnc(-c3cn(CCc4cccc5ccccc45)cn3)c2)c1C. The predicted molar refractivity (Wildman–Crippen MR) is 118 cm³/mol. The molecule has 0 atom stereocenters. The van der Waals surface area contributed by atoms with Crippen molar-refractivity contribution in [3.05, 3.63) is 84.6 Å². The minimum Gasteiger partial charge on any atom is -0.336 e. The number of benzene rings is 2. The van der Waals surface area contributed by atoms with Crippen molar-refractivity contribution in [3.8, 4) is 22.6 Å². The van der Waals surface area contributed by atoms with Gasteiger partial charge in [-0.2, -0.15) is 0 Å². The molecule has 0 bridgehead atoms. The van der Waals surface area contributed by atoms with Crippen LogP contribution in [-0.4, -0.2) is 37.4 Å². The molecular weight excluding hydrogens is 371 g/mol. The van der Waals surface area contributed by atoms with Crippen LogP contribution in [-0.2, 0) is 13.0 Å². The van der Waals surface area contributed by atoms with Gasteiger partial charge in [0.05, 0.1) is 12.0 Å². The Kier molecular flexibility index (Phi) is 4.63. The Morgan fingerprint density at radius 3 is 2.70 bits per heavy atom. The van der Waals surface area contributed by atoms with Gasteiger partial charge in [-0.1, -0.05) is 47.7 Å². The summed E-state index contributed by atoms with van der Waals surface area (Å²) < 4.78 is 3.38. The van der Waals surface area contributed by atoms with E-state index in [9.17, 15) is 0 Å². The maximum atomic E-state index is 5.76. The van der Waals surface area contributed by atoms with Gasteiger partial charge in [-0.05, 0) is 41.8 Å². The van der Waals surface area contributed by atoms with Crippen LogP contribution in [0.5, 0.6) is 0 Å². The molecule has 2 radical (unpaired) electrons. The standard InChI is InChI=1S/C23H19BN6/c1-16-23(27-28-30(16)24)19-9-11-25-21(13-19)22-14-29(15-26-22)12-10-18-7-4-6-17-5-2-3-8-20(17)18/h2-9,11,13-15H,10,12H2,1H3. The molecule has 3 aromatic heterocycles. The molecule has 5 aromatic rings. The first-order valence-electron chi connectivity index (χ1n) is 9.81. The van der Waals surface area contributed by atoms with Crippen LogP contribution in [0.1, 0.15) is 11.3 Å². The van der Waals surface area contributed by atoms with Crippen molar-refractivity contribution in [2.75, 3.05) is 0 Å². The Hall–Kier alpha value is -3.74. The van der Waals surface area contributed by atoms with Gasteiger partial charge in [0.2, 0.25) is 0 Å². The van der Waals surface area contributed by atoms with E-state index in [-0.39, 0.29) is 0 Å². The average molecular weight is 390 g/mol. The molecule has 7 heteroatoms. The highest BCUT2D eigenvalue weighted by molar-refractivity contribution is 6.06. The van der Waals surface area contributed by atoms with Gasteiger partial charge in [0.1, 0.15) is 11.4 Å². The second-order valence-electron chi connectivity index (χ2n) is 7.28. The molecule has 5 rings (SSSR count). The van der Waals surface area contributed by atoms with Crippen LogP contribution < -0.4 is 0 Å². The number of imidazole rings is 1. The summed E-state index contributed by atoms with van der Waals surface area (Å²) in [6.07, 6.45) is 6.58. The molecular formula is C23H19BN6. The van der Waals surface area contributed by atoms with Gasteiger partial charge in [0.15, 0.2) is 0 Å². The number of rotatable bonds is 5. The zero-order valence-electron chi connectivity index (χ0n) is 16.6. The zero-order chi connectivity index (χ0) is 20.5. The highest BCUT2D eigenvalue weighted by Crippen LogP contribution is 2.24. The molecule has 30 heavy (non-hydrogen) atoms. The van der Waals surface area contributed by atoms with Crippen molar-refractivity contribution < 1.29 is 0 Å². The summed E-state index contributed by atoms with van der Waals surface area (Å²) in [4.78, 5) is 9.04. The molecule has 0 saturated carbocycles. The smallest absolute Gasteiger partial charge is 0.267 e. The van der Waals surface area contributed by atoms with Crippen molar-refractivity contribution >= 4 is 18.8 Å². The van der Waals surface area contributed by atoms with Crippen LogP contribution >= 0.6 is 0 Å². The molecule has 0 saturated heterocycles. The second-order valence-corrected chi connectivity index (χ2v) is 7.28. The third-order valence-corrected chi connectivity index (χ3v) is 5.38. The van der Waals surface area contributed by atoms with E-state index in [1.165, 1.54) is 20.9 Å². The Morgan fingerprint density at radius 1 is 0.967 bits per heavy atom. The lowest BCUT2D eigenvalue weighted by molar-refractivity contribution is 0.698. The van der Waals surface area contributed by atoms with Gasteiger partial charge in [-0.3, -0.25) is 4.98 Å². The summed E-state index contributed by atoms with van der Waals surface area (Å²) in [6.45, 7) is 2.73. The number of aromatic nitrogens is 6. The maximum absolute atomic E-state index is 5.76. The lowest BCUT2D eigenvalue weighted by Crippen LogP contribution is -1.99. The van der Waals surface area contributed by atoms with Gasteiger partial charge in [0.25, 0.3) is 7.98 Å². The summed E-state index contributed by atoms with van der Waals surface area (Å²) >= 11 is 0. The highest BCUT2D eigenvalue weighted by Gasteiger charge is 2.11. The minimum absolute atomic E-state index is 0.747. The summed E-state index contributed by atoms with van der Waals surface area (Å²) in [5, 5.41) is 10.6. The van der Waals surface area contributed by atoms with Crippen molar-refractivity contribution in [2.24, 2.45) is 0 Å². The van der Waals surface area contributed by atoms with Crippen LogP contribution in [0, 0.1) is 6.92 Å². The molecule has 2 aromatic carbocycles. The maximum Gasteiger partial charge on any atom is 0.267 e. The van der Waals surface area contributed by atoms with Crippen LogP contribution in [0.15, 0.2) is 73.3 Å². The van der Waals surface area contributed by atoms with Crippen LogP contribution in [0.3, 0.4) is 0 Å². The Labute approximate surface area is 175 Å². The highest BCUT2D eigenvalue weighted by atomic mass is 15.4. The average Bonchev–Trinajstić information content (AvgIpc) is 3.39. The van der Waals surface area contributed by atoms with E-state index in [1.54, 1.807) is 6.20 Å². The molecule has 0 aliphatic rings. The van der Waals surface area contributed by atoms with Crippen LogP contribution in [0.4, 0.5) is 0 Å². The summed E-state index contributed by atoms with van der Waals surface area (Å²) in [5.74, 6) is 0. The first-order chi connectivity index (χ1) is 14.7. The molecule has 0 aliphatic heterocycles. The monoisotopic (exact) mass is 390 g/mol. The number of hydrogen-bond acceptors (Lipinski definition) is 4. The van der Waals surface area contributed by atoms with Crippen molar-refractivity contribution in [2.45, 2.75) is 19.9 Å². The molecule has 0 aliphatic carbocycles. The van der Waals surface area contributed by atoms with Crippen molar-refractivity contribution in [1.29, 1.82) is 0 Å². The summed E-state index contributed by atoms with van der Waals surface area (Å²) in [5.41, 5.74) is 5.42. The predicted octanol–water partition coefficient (Wildman–Crippen LogP) is 3.84. The molecule has 0 spiro atoms. The first kappa shape index (κ1) is 18.3. The van der Waals surface area contributed by atoms with E-state index in [1.807, 2.05) is 31.6 Å². The molecule has 0 N–H and O–H groups in total. The third kappa shape index (κ3) is 3.39. The van der Waals surface area contributed by atoms with E-state index >= 15 is 0 Å². The second kappa shape index (κ2) is 7.59. The Morgan fingerprint density at radius 2 is 1.83 bits per heavy atom.